The first-order chi connectivity index (χ1) is 8.69. The van der Waals surface area contributed by atoms with Crippen LogP contribution in [0.4, 0.5) is 8.78 Å². The van der Waals surface area contributed by atoms with Crippen LogP contribution in [0.25, 0.3) is 11.1 Å². The Morgan fingerprint density at radius 2 is 1.72 bits per heavy atom. The number of benzene rings is 1. The summed E-state index contributed by atoms with van der Waals surface area (Å²) in [6.07, 6.45) is 2.51. The Bertz CT molecular complexity index is 494. The molecule has 0 saturated heterocycles. The lowest BCUT2D eigenvalue weighted by Crippen LogP contribution is -2.03. The van der Waals surface area contributed by atoms with Gasteiger partial charge in [0.2, 0.25) is 5.88 Å². The van der Waals surface area contributed by atoms with Crippen molar-refractivity contribution < 1.29 is 13.5 Å². The van der Waals surface area contributed by atoms with E-state index in [1.807, 2.05) is 24.3 Å². The third-order valence-electron chi connectivity index (χ3n) is 2.64. The minimum atomic E-state index is -2.84. The number of aromatic nitrogens is 1. The third kappa shape index (κ3) is 3.03. The number of hydrogen-bond donors (Lipinski definition) is 0. The van der Waals surface area contributed by atoms with Crippen LogP contribution in [0.2, 0.25) is 0 Å². The van der Waals surface area contributed by atoms with Crippen LogP contribution in [-0.4, -0.2) is 11.6 Å². The standard InChI is InChI=1S/C14H13F2NO/c1-2-10-3-5-11(6-4-10)12-7-8-13(17-9-12)18-14(15)16/h3-9,14H,2H2,1H3. The molecule has 0 bridgehead atoms. The number of aryl methyl sites for hydroxylation is 1. The molecule has 1 aromatic heterocycles. The lowest BCUT2D eigenvalue weighted by Gasteiger charge is -2.05. The SMILES string of the molecule is CCc1ccc(-c2ccc(OC(F)F)nc2)cc1. The number of pyridine rings is 1. The smallest absolute Gasteiger partial charge is 0.388 e. The van der Waals surface area contributed by atoms with Gasteiger partial charge in [0.05, 0.1) is 0 Å². The van der Waals surface area contributed by atoms with Crippen LogP contribution >= 0.6 is 0 Å². The number of alkyl halides is 2. The number of nitrogens with zero attached hydrogens (tertiary/aromatic N) is 1. The molecule has 0 aliphatic carbocycles. The molecular weight excluding hydrogens is 236 g/mol. The minimum Gasteiger partial charge on any atom is -0.417 e. The van der Waals surface area contributed by atoms with E-state index in [0.29, 0.717) is 0 Å². The molecule has 18 heavy (non-hydrogen) atoms. The van der Waals surface area contributed by atoms with Gasteiger partial charge in [0.1, 0.15) is 0 Å². The molecule has 4 heteroatoms. The van der Waals surface area contributed by atoms with Crippen molar-refractivity contribution in [1.82, 2.24) is 4.98 Å². The van der Waals surface area contributed by atoms with Crippen molar-refractivity contribution in [3.63, 3.8) is 0 Å². The fraction of sp³-hybridized carbons (Fsp3) is 0.214. The minimum absolute atomic E-state index is 0.0704. The van der Waals surface area contributed by atoms with Gasteiger partial charge in [-0.05, 0) is 23.6 Å². The molecule has 0 spiro atoms. The Labute approximate surface area is 104 Å². The molecule has 0 aliphatic heterocycles. The lowest BCUT2D eigenvalue weighted by atomic mass is 10.0. The van der Waals surface area contributed by atoms with Crippen LogP contribution < -0.4 is 4.74 Å². The zero-order chi connectivity index (χ0) is 13.0. The van der Waals surface area contributed by atoms with Crippen molar-refractivity contribution in [3.05, 3.63) is 48.2 Å². The van der Waals surface area contributed by atoms with Crippen molar-refractivity contribution in [2.45, 2.75) is 20.0 Å². The van der Waals surface area contributed by atoms with Gasteiger partial charge in [-0.3, -0.25) is 0 Å². The first-order valence-corrected chi connectivity index (χ1v) is 5.69. The molecule has 0 N–H and O–H groups in total. The summed E-state index contributed by atoms with van der Waals surface area (Å²) < 4.78 is 28.1. The van der Waals surface area contributed by atoms with Crippen LogP contribution in [0.15, 0.2) is 42.6 Å². The van der Waals surface area contributed by atoms with Crippen molar-refractivity contribution in [3.8, 4) is 17.0 Å². The van der Waals surface area contributed by atoms with Gasteiger partial charge in [0.25, 0.3) is 0 Å². The van der Waals surface area contributed by atoms with E-state index in [1.165, 1.54) is 17.8 Å². The molecular formula is C14H13F2NO. The molecule has 2 nitrogen and oxygen atoms in total. The monoisotopic (exact) mass is 249 g/mol. The second kappa shape index (κ2) is 5.58. The van der Waals surface area contributed by atoms with Crippen LogP contribution in [0.5, 0.6) is 5.88 Å². The van der Waals surface area contributed by atoms with Crippen LogP contribution in [0.3, 0.4) is 0 Å². The molecule has 0 aliphatic rings. The zero-order valence-electron chi connectivity index (χ0n) is 9.94. The van der Waals surface area contributed by atoms with Gasteiger partial charge in [-0.15, -0.1) is 0 Å². The zero-order valence-corrected chi connectivity index (χ0v) is 9.94. The van der Waals surface area contributed by atoms with Crippen molar-refractivity contribution in [2.75, 3.05) is 0 Å². The van der Waals surface area contributed by atoms with Gasteiger partial charge in [0, 0.05) is 17.8 Å². The molecule has 0 fully saturated rings. The molecule has 94 valence electrons. The predicted octanol–water partition coefficient (Wildman–Crippen LogP) is 3.91. The topological polar surface area (TPSA) is 22.1 Å². The van der Waals surface area contributed by atoms with Crippen molar-refractivity contribution in [1.29, 1.82) is 0 Å². The van der Waals surface area contributed by atoms with E-state index in [1.54, 1.807) is 6.07 Å². The number of halogens is 2. The average molecular weight is 249 g/mol. The maximum atomic E-state index is 12.0. The van der Waals surface area contributed by atoms with Crippen LogP contribution in [0, 0.1) is 0 Å². The fourth-order valence-corrected chi connectivity index (χ4v) is 1.64. The van der Waals surface area contributed by atoms with E-state index in [0.717, 1.165) is 17.5 Å². The third-order valence-corrected chi connectivity index (χ3v) is 2.64. The molecule has 0 unspecified atom stereocenters. The molecule has 0 atom stereocenters. The summed E-state index contributed by atoms with van der Waals surface area (Å²) in [5, 5.41) is 0. The summed E-state index contributed by atoms with van der Waals surface area (Å²) in [5.74, 6) is -0.0704. The van der Waals surface area contributed by atoms with E-state index < -0.39 is 6.61 Å². The first kappa shape index (κ1) is 12.5. The Morgan fingerprint density at radius 1 is 1.06 bits per heavy atom. The Kier molecular flexibility index (Phi) is 3.87. The largest absolute Gasteiger partial charge is 0.417 e. The highest BCUT2D eigenvalue weighted by Gasteiger charge is 2.05. The van der Waals surface area contributed by atoms with Crippen molar-refractivity contribution >= 4 is 0 Å². The molecule has 0 amide bonds. The van der Waals surface area contributed by atoms with Crippen molar-refractivity contribution in [2.24, 2.45) is 0 Å². The van der Waals surface area contributed by atoms with Crippen LogP contribution in [0.1, 0.15) is 12.5 Å². The molecule has 2 rings (SSSR count). The Hall–Kier alpha value is -1.97. The summed E-state index contributed by atoms with van der Waals surface area (Å²) in [6, 6.07) is 11.2. The highest BCUT2D eigenvalue weighted by Crippen LogP contribution is 2.21. The first-order valence-electron chi connectivity index (χ1n) is 5.69. The van der Waals surface area contributed by atoms with Gasteiger partial charge in [0.15, 0.2) is 0 Å². The molecule has 1 aromatic carbocycles. The summed E-state index contributed by atoms with van der Waals surface area (Å²) in [4.78, 5) is 3.84. The summed E-state index contributed by atoms with van der Waals surface area (Å²) in [7, 11) is 0. The molecule has 1 heterocycles. The van der Waals surface area contributed by atoms with Gasteiger partial charge in [-0.25, -0.2) is 4.98 Å². The maximum absolute atomic E-state index is 12.0. The quantitative estimate of drug-likeness (QED) is 0.819. The van der Waals surface area contributed by atoms with E-state index >= 15 is 0 Å². The lowest BCUT2D eigenvalue weighted by molar-refractivity contribution is -0.0528. The average Bonchev–Trinajstić information content (AvgIpc) is 2.39. The highest BCUT2D eigenvalue weighted by atomic mass is 19.3. The summed E-state index contributed by atoms with van der Waals surface area (Å²) in [6.45, 7) is -0.750. The number of rotatable bonds is 4. The molecule has 2 aromatic rings. The normalized spacial score (nSPS) is 10.7. The molecule has 0 radical (unpaired) electrons. The second-order valence-corrected chi connectivity index (χ2v) is 3.81. The summed E-state index contributed by atoms with van der Waals surface area (Å²) in [5.41, 5.74) is 3.13. The second-order valence-electron chi connectivity index (χ2n) is 3.81. The van der Waals surface area contributed by atoms with Gasteiger partial charge < -0.3 is 4.74 Å². The number of ether oxygens (including phenoxy) is 1. The Balaban J connectivity index is 2.17. The van der Waals surface area contributed by atoms with E-state index in [9.17, 15) is 8.78 Å². The van der Waals surface area contributed by atoms with E-state index in [2.05, 4.69) is 16.6 Å². The predicted molar refractivity (Wildman–Crippen MR) is 65.7 cm³/mol. The molecule has 0 saturated carbocycles. The fourth-order valence-electron chi connectivity index (χ4n) is 1.64. The summed E-state index contributed by atoms with van der Waals surface area (Å²) >= 11 is 0. The van der Waals surface area contributed by atoms with Gasteiger partial charge >= 0.3 is 6.61 Å². The Morgan fingerprint density at radius 3 is 2.22 bits per heavy atom. The van der Waals surface area contributed by atoms with Gasteiger partial charge in [-0.1, -0.05) is 31.2 Å². The van der Waals surface area contributed by atoms with Gasteiger partial charge in [-0.2, -0.15) is 8.78 Å². The highest BCUT2D eigenvalue weighted by molar-refractivity contribution is 5.62. The number of hydrogen-bond acceptors (Lipinski definition) is 2. The van der Waals surface area contributed by atoms with E-state index in [4.69, 9.17) is 0 Å². The maximum Gasteiger partial charge on any atom is 0.388 e. The van der Waals surface area contributed by atoms with E-state index in [-0.39, 0.29) is 5.88 Å². The van der Waals surface area contributed by atoms with Crippen LogP contribution in [-0.2, 0) is 6.42 Å².